The van der Waals surface area contributed by atoms with Gasteiger partial charge in [0.2, 0.25) is 5.91 Å². The molecule has 3 aromatic rings. The highest BCUT2D eigenvalue weighted by molar-refractivity contribution is 7.91. The molecule has 0 N–H and O–H groups in total. The van der Waals surface area contributed by atoms with Crippen LogP contribution in [0.1, 0.15) is 24.8 Å². The minimum atomic E-state index is -3.48. The number of amides is 1. The van der Waals surface area contributed by atoms with E-state index < -0.39 is 9.84 Å². The molecule has 1 aliphatic heterocycles. The van der Waals surface area contributed by atoms with Crippen LogP contribution in [0.2, 0.25) is 5.02 Å². The van der Waals surface area contributed by atoms with Crippen LogP contribution in [0.5, 0.6) is 0 Å². The molecule has 0 atom stereocenters. The first-order valence-corrected chi connectivity index (χ1v) is 14.6. The number of halogens is 1. The normalized spacial score (nSPS) is 14.9. The number of thiazole rings is 1. The number of anilines is 1. The van der Waals surface area contributed by atoms with Gasteiger partial charge < -0.3 is 4.74 Å². The molecule has 0 radical (unpaired) electrons. The Hall–Kier alpha value is -2.04. The van der Waals surface area contributed by atoms with Gasteiger partial charge in [0, 0.05) is 37.6 Å². The van der Waals surface area contributed by atoms with Crippen molar-refractivity contribution in [2.75, 3.05) is 50.0 Å². The first-order chi connectivity index (χ1) is 16.8. The molecule has 2 heterocycles. The number of rotatable bonds is 10. The maximum absolute atomic E-state index is 13.3. The van der Waals surface area contributed by atoms with Gasteiger partial charge in [0.25, 0.3) is 0 Å². The first-order valence-electron chi connectivity index (χ1n) is 11.8. The van der Waals surface area contributed by atoms with E-state index in [1.165, 1.54) is 23.5 Å². The number of hydrogen-bond donors (Lipinski definition) is 0. The Morgan fingerprint density at radius 3 is 2.63 bits per heavy atom. The molecular formula is C25H30ClN3O4S2. The number of aryl methyl sites for hydroxylation is 1. The molecule has 35 heavy (non-hydrogen) atoms. The van der Waals surface area contributed by atoms with Crippen molar-refractivity contribution in [2.45, 2.75) is 31.1 Å². The minimum absolute atomic E-state index is 0.0962. The number of benzene rings is 2. The SMILES string of the molecule is Cc1ccc2nc(N(CCCN3CCOCC3)C(=O)CCCS(=O)(=O)c3ccc(Cl)cc3)sc2c1. The summed E-state index contributed by atoms with van der Waals surface area (Å²) in [5.41, 5.74) is 2.01. The molecule has 1 saturated heterocycles. The second-order valence-electron chi connectivity index (χ2n) is 8.70. The van der Waals surface area contributed by atoms with Crippen LogP contribution >= 0.6 is 22.9 Å². The van der Waals surface area contributed by atoms with Crippen LogP contribution in [-0.2, 0) is 19.4 Å². The zero-order valence-corrected chi connectivity index (χ0v) is 22.2. The summed E-state index contributed by atoms with van der Waals surface area (Å²) >= 11 is 7.37. The number of aromatic nitrogens is 1. The summed E-state index contributed by atoms with van der Waals surface area (Å²) < 4.78 is 31.8. The lowest BCUT2D eigenvalue weighted by atomic mass is 10.2. The molecular weight excluding hydrogens is 506 g/mol. The number of carbonyl (C=O) groups is 1. The highest BCUT2D eigenvalue weighted by atomic mass is 35.5. The quantitative estimate of drug-likeness (QED) is 0.378. The van der Waals surface area contributed by atoms with Gasteiger partial charge in [0.15, 0.2) is 15.0 Å². The lowest BCUT2D eigenvalue weighted by Crippen LogP contribution is -2.39. The van der Waals surface area contributed by atoms with Gasteiger partial charge in [-0.1, -0.05) is 29.0 Å². The topological polar surface area (TPSA) is 79.8 Å². The zero-order valence-electron chi connectivity index (χ0n) is 19.8. The van der Waals surface area contributed by atoms with Crippen molar-refractivity contribution in [1.29, 1.82) is 0 Å². The van der Waals surface area contributed by atoms with E-state index in [4.69, 9.17) is 21.3 Å². The Labute approximate surface area is 215 Å². The second-order valence-corrected chi connectivity index (χ2v) is 12.3. The third-order valence-corrected chi connectivity index (χ3v) is 9.11. The van der Waals surface area contributed by atoms with Crippen LogP contribution in [0.3, 0.4) is 0 Å². The van der Waals surface area contributed by atoms with Crippen LogP contribution < -0.4 is 4.90 Å². The lowest BCUT2D eigenvalue weighted by molar-refractivity contribution is -0.118. The predicted molar refractivity (Wildman–Crippen MR) is 141 cm³/mol. The maximum atomic E-state index is 13.3. The average molecular weight is 536 g/mol. The van der Waals surface area contributed by atoms with Gasteiger partial charge in [-0.05, 0) is 61.7 Å². The van der Waals surface area contributed by atoms with Crippen molar-refractivity contribution in [1.82, 2.24) is 9.88 Å². The lowest BCUT2D eigenvalue weighted by Gasteiger charge is -2.27. The van der Waals surface area contributed by atoms with Gasteiger partial charge in [-0.2, -0.15) is 0 Å². The van der Waals surface area contributed by atoms with Crippen molar-refractivity contribution in [3.63, 3.8) is 0 Å². The Morgan fingerprint density at radius 1 is 1.14 bits per heavy atom. The molecule has 0 spiro atoms. The first kappa shape index (κ1) is 26.0. The van der Waals surface area contributed by atoms with E-state index in [-0.39, 0.29) is 29.4 Å². The predicted octanol–water partition coefficient (Wildman–Crippen LogP) is 4.57. The van der Waals surface area contributed by atoms with Crippen LogP contribution in [0.25, 0.3) is 10.2 Å². The fourth-order valence-corrected chi connectivity index (χ4v) is 6.59. The van der Waals surface area contributed by atoms with Crippen molar-refractivity contribution in [3.8, 4) is 0 Å². The largest absolute Gasteiger partial charge is 0.379 e. The molecule has 4 rings (SSSR count). The van der Waals surface area contributed by atoms with E-state index in [1.54, 1.807) is 17.0 Å². The van der Waals surface area contributed by atoms with Crippen molar-refractivity contribution < 1.29 is 17.9 Å². The van der Waals surface area contributed by atoms with Crippen LogP contribution in [0.15, 0.2) is 47.4 Å². The summed E-state index contributed by atoms with van der Waals surface area (Å²) in [6.45, 7) is 6.73. The molecule has 10 heteroatoms. The van der Waals surface area contributed by atoms with E-state index in [0.717, 1.165) is 55.0 Å². The van der Waals surface area contributed by atoms with Crippen molar-refractivity contribution in [2.24, 2.45) is 0 Å². The minimum Gasteiger partial charge on any atom is -0.379 e. The summed E-state index contributed by atoms with van der Waals surface area (Å²) in [7, 11) is -3.48. The van der Waals surface area contributed by atoms with Gasteiger partial charge in [-0.25, -0.2) is 13.4 Å². The second kappa shape index (κ2) is 11.8. The van der Waals surface area contributed by atoms with Crippen LogP contribution in [-0.4, -0.2) is 69.4 Å². The fraction of sp³-hybridized carbons (Fsp3) is 0.440. The average Bonchev–Trinajstić information content (AvgIpc) is 3.25. The van der Waals surface area contributed by atoms with Gasteiger partial charge in [-0.3, -0.25) is 14.6 Å². The third kappa shape index (κ3) is 7.01. The molecule has 1 aliphatic rings. The molecule has 0 saturated carbocycles. The smallest absolute Gasteiger partial charge is 0.228 e. The number of ether oxygens (including phenoxy) is 1. The highest BCUT2D eigenvalue weighted by Crippen LogP contribution is 2.30. The monoisotopic (exact) mass is 535 g/mol. The summed E-state index contributed by atoms with van der Waals surface area (Å²) in [6, 6.07) is 12.2. The number of nitrogens with zero attached hydrogens (tertiary/aromatic N) is 3. The van der Waals surface area contributed by atoms with Gasteiger partial charge in [-0.15, -0.1) is 0 Å². The Morgan fingerprint density at radius 2 is 1.89 bits per heavy atom. The summed E-state index contributed by atoms with van der Waals surface area (Å²) in [5.74, 6) is -0.199. The van der Waals surface area contributed by atoms with E-state index in [9.17, 15) is 13.2 Å². The fourth-order valence-electron chi connectivity index (χ4n) is 4.05. The Balaban J connectivity index is 1.42. The molecule has 2 aromatic carbocycles. The molecule has 188 valence electrons. The molecule has 0 aliphatic carbocycles. The van der Waals surface area contributed by atoms with Gasteiger partial charge >= 0.3 is 0 Å². The third-order valence-electron chi connectivity index (χ3n) is 6.00. The standard InChI is InChI=1S/C25H30ClN3O4S2/c1-19-5-10-22-23(18-19)34-25(27-22)29(12-3-11-28-13-15-33-16-14-28)24(30)4-2-17-35(31,32)21-8-6-20(26)7-9-21/h5-10,18H,2-4,11-17H2,1H3. The van der Waals surface area contributed by atoms with E-state index in [0.29, 0.717) is 16.7 Å². The summed E-state index contributed by atoms with van der Waals surface area (Å²) in [4.78, 5) is 22.3. The molecule has 1 fully saturated rings. The molecule has 1 aromatic heterocycles. The van der Waals surface area contributed by atoms with Crippen molar-refractivity contribution in [3.05, 3.63) is 53.1 Å². The van der Waals surface area contributed by atoms with Gasteiger partial charge in [0.05, 0.1) is 34.1 Å². The van der Waals surface area contributed by atoms with Gasteiger partial charge in [0.1, 0.15) is 0 Å². The van der Waals surface area contributed by atoms with E-state index in [1.807, 2.05) is 19.1 Å². The Bertz CT molecular complexity index is 1260. The Kier molecular flexibility index (Phi) is 8.77. The van der Waals surface area contributed by atoms with Crippen molar-refractivity contribution >= 4 is 54.0 Å². The molecule has 1 amide bonds. The maximum Gasteiger partial charge on any atom is 0.228 e. The summed E-state index contributed by atoms with van der Waals surface area (Å²) in [5, 5.41) is 1.15. The number of fused-ring (bicyclic) bond motifs is 1. The summed E-state index contributed by atoms with van der Waals surface area (Å²) in [6.07, 6.45) is 1.19. The number of morpholine rings is 1. The van der Waals surface area contributed by atoms with Crippen LogP contribution in [0.4, 0.5) is 5.13 Å². The molecule has 7 nitrogen and oxygen atoms in total. The molecule has 0 bridgehead atoms. The van der Waals surface area contributed by atoms with Crippen LogP contribution in [0, 0.1) is 6.92 Å². The van der Waals surface area contributed by atoms with E-state index in [2.05, 4.69) is 11.0 Å². The number of hydrogen-bond acceptors (Lipinski definition) is 7. The number of sulfone groups is 1. The van der Waals surface area contributed by atoms with E-state index >= 15 is 0 Å². The highest BCUT2D eigenvalue weighted by Gasteiger charge is 2.22. The molecule has 0 unspecified atom stereocenters. The number of carbonyl (C=O) groups excluding carboxylic acids is 1. The zero-order chi connectivity index (χ0) is 24.8.